The molecule has 1 fully saturated rings. The summed E-state index contributed by atoms with van der Waals surface area (Å²) in [5, 5.41) is 9.00. The number of benzene rings is 1. The summed E-state index contributed by atoms with van der Waals surface area (Å²) in [4.78, 5) is 15.4. The summed E-state index contributed by atoms with van der Waals surface area (Å²) in [7, 11) is 0. The maximum atomic E-state index is 12.2. The Bertz CT molecular complexity index is 408. The van der Waals surface area contributed by atoms with Crippen LogP contribution in [0.5, 0.6) is 0 Å². The van der Waals surface area contributed by atoms with E-state index in [-0.39, 0.29) is 12.5 Å². The normalized spacial score (nSPS) is 19.1. The molecule has 1 aromatic carbocycles. The second kappa shape index (κ2) is 8.32. The van der Waals surface area contributed by atoms with Crippen molar-refractivity contribution in [1.82, 2.24) is 4.90 Å². The number of piperidine rings is 1. The van der Waals surface area contributed by atoms with Crippen LogP contribution in [-0.2, 0) is 4.79 Å². The summed E-state index contributed by atoms with van der Waals surface area (Å²) in [6.07, 6.45) is 3.64. The highest BCUT2D eigenvalue weighted by Crippen LogP contribution is 2.22. The van der Waals surface area contributed by atoms with Crippen molar-refractivity contribution in [2.24, 2.45) is 5.92 Å². The van der Waals surface area contributed by atoms with E-state index < -0.39 is 0 Å². The highest BCUT2D eigenvalue weighted by atomic mass is 32.2. The van der Waals surface area contributed by atoms with E-state index in [1.165, 1.54) is 4.90 Å². The number of carbonyl (C=O) groups is 1. The number of amides is 1. The molecule has 20 heavy (non-hydrogen) atoms. The molecular formula is C16H23NO2S. The van der Waals surface area contributed by atoms with Gasteiger partial charge in [-0.05, 0) is 37.3 Å². The molecule has 1 unspecified atom stereocenters. The Morgan fingerprint density at radius 1 is 1.35 bits per heavy atom. The van der Waals surface area contributed by atoms with E-state index in [0.29, 0.717) is 12.3 Å². The molecule has 1 N–H and O–H groups in total. The van der Waals surface area contributed by atoms with Crippen LogP contribution in [0.25, 0.3) is 0 Å². The Balaban J connectivity index is 1.71. The minimum absolute atomic E-state index is 0.233. The molecule has 110 valence electrons. The van der Waals surface area contributed by atoms with E-state index in [0.717, 1.165) is 38.1 Å². The number of hydrogen-bond donors (Lipinski definition) is 1. The summed E-state index contributed by atoms with van der Waals surface area (Å²) in [6, 6.07) is 10.2. The topological polar surface area (TPSA) is 40.5 Å². The third-order valence-electron chi connectivity index (χ3n) is 3.74. The fraction of sp³-hybridized carbons (Fsp3) is 0.562. The Kier molecular flexibility index (Phi) is 6.40. The van der Waals surface area contributed by atoms with Gasteiger partial charge in [0.25, 0.3) is 0 Å². The molecule has 1 heterocycles. The lowest BCUT2D eigenvalue weighted by molar-refractivity contribution is -0.132. The number of aliphatic hydroxyl groups is 1. The number of nitrogens with zero attached hydrogens (tertiary/aromatic N) is 1. The first kappa shape index (κ1) is 15.4. The van der Waals surface area contributed by atoms with Gasteiger partial charge in [0, 0.05) is 36.8 Å². The van der Waals surface area contributed by atoms with E-state index in [1.807, 2.05) is 23.1 Å². The van der Waals surface area contributed by atoms with Crippen molar-refractivity contribution < 1.29 is 9.90 Å². The summed E-state index contributed by atoms with van der Waals surface area (Å²) in [5.74, 6) is 1.58. The van der Waals surface area contributed by atoms with Crippen molar-refractivity contribution in [2.75, 3.05) is 25.4 Å². The van der Waals surface area contributed by atoms with Crippen LogP contribution in [0.3, 0.4) is 0 Å². The number of hydrogen-bond acceptors (Lipinski definition) is 3. The minimum Gasteiger partial charge on any atom is -0.396 e. The second-order valence-electron chi connectivity index (χ2n) is 5.27. The van der Waals surface area contributed by atoms with Crippen LogP contribution in [0.4, 0.5) is 0 Å². The summed E-state index contributed by atoms with van der Waals surface area (Å²) in [5.41, 5.74) is 0. The maximum Gasteiger partial charge on any atom is 0.223 e. The third-order valence-corrected chi connectivity index (χ3v) is 4.75. The maximum absolute atomic E-state index is 12.2. The number of carbonyl (C=O) groups excluding carboxylic acids is 1. The van der Waals surface area contributed by atoms with Gasteiger partial charge in [0.2, 0.25) is 5.91 Å². The molecule has 0 radical (unpaired) electrons. The van der Waals surface area contributed by atoms with Crippen LogP contribution in [0, 0.1) is 5.92 Å². The minimum atomic E-state index is 0.233. The van der Waals surface area contributed by atoms with Gasteiger partial charge in [0.1, 0.15) is 0 Å². The van der Waals surface area contributed by atoms with Crippen LogP contribution in [0.2, 0.25) is 0 Å². The van der Waals surface area contributed by atoms with Crippen molar-refractivity contribution in [3.05, 3.63) is 30.3 Å². The third kappa shape index (κ3) is 4.84. The predicted molar refractivity (Wildman–Crippen MR) is 82.8 cm³/mol. The zero-order valence-corrected chi connectivity index (χ0v) is 12.6. The molecule has 3 nitrogen and oxygen atoms in total. The summed E-state index contributed by atoms with van der Waals surface area (Å²) < 4.78 is 0. The van der Waals surface area contributed by atoms with Crippen LogP contribution in [-0.4, -0.2) is 41.4 Å². The van der Waals surface area contributed by atoms with Crippen LogP contribution in [0.15, 0.2) is 35.2 Å². The lowest BCUT2D eigenvalue weighted by atomic mass is 9.95. The van der Waals surface area contributed by atoms with Gasteiger partial charge in [-0.25, -0.2) is 0 Å². The van der Waals surface area contributed by atoms with Gasteiger partial charge in [-0.1, -0.05) is 18.2 Å². The van der Waals surface area contributed by atoms with E-state index in [4.69, 9.17) is 5.11 Å². The summed E-state index contributed by atoms with van der Waals surface area (Å²) in [6.45, 7) is 1.95. The van der Waals surface area contributed by atoms with Gasteiger partial charge < -0.3 is 10.0 Å². The first-order valence-corrected chi connectivity index (χ1v) is 8.34. The Labute approximate surface area is 125 Å². The van der Waals surface area contributed by atoms with Crippen molar-refractivity contribution in [2.45, 2.75) is 30.6 Å². The van der Waals surface area contributed by atoms with Gasteiger partial charge in [-0.2, -0.15) is 0 Å². The summed E-state index contributed by atoms with van der Waals surface area (Å²) >= 11 is 1.74. The monoisotopic (exact) mass is 293 g/mol. The first-order chi connectivity index (χ1) is 9.79. The molecule has 0 bridgehead atoms. The molecular weight excluding hydrogens is 270 g/mol. The van der Waals surface area contributed by atoms with Crippen LogP contribution in [0.1, 0.15) is 25.7 Å². The molecule has 0 spiro atoms. The number of likely N-dealkylation sites (tertiary alicyclic amines) is 1. The van der Waals surface area contributed by atoms with Gasteiger partial charge in [-0.3, -0.25) is 4.79 Å². The van der Waals surface area contributed by atoms with Crippen LogP contribution >= 0.6 is 11.8 Å². The fourth-order valence-electron chi connectivity index (χ4n) is 2.64. The van der Waals surface area contributed by atoms with Crippen molar-refractivity contribution in [3.8, 4) is 0 Å². The number of rotatable bonds is 6. The molecule has 1 saturated heterocycles. The predicted octanol–water partition coefficient (Wildman–Crippen LogP) is 2.79. The lowest BCUT2D eigenvalue weighted by Gasteiger charge is -2.32. The van der Waals surface area contributed by atoms with Gasteiger partial charge >= 0.3 is 0 Å². The number of thioether (sulfide) groups is 1. The van der Waals surface area contributed by atoms with Gasteiger partial charge in [0.15, 0.2) is 0 Å². The smallest absolute Gasteiger partial charge is 0.223 e. The molecule has 1 aromatic rings. The highest BCUT2D eigenvalue weighted by Gasteiger charge is 2.22. The molecule has 1 amide bonds. The van der Waals surface area contributed by atoms with Crippen LogP contribution < -0.4 is 0 Å². The van der Waals surface area contributed by atoms with E-state index in [9.17, 15) is 4.79 Å². The molecule has 0 aliphatic carbocycles. The number of aliphatic hydroxyl groups excluding tert-OH is 1. The van der Waals surface area contributed by atoms with E-state index in [1.54, 1.807) is 11.8 Å². The molecule has 0 saturated carbocycles. The molecule has 0 aromatic heterocycles. The van der Waals surface area contributed by atoms with Crippen molar-refractivity contribution in [1.29, 1.82) is 0 Å². The van der Waals surface area contributed by atoms with Crippen molar-refractivity contribution in [3.63, 3.8) is 0 Å². The fourth-order valence-corrected chi connectivity index (χ4v) is 3.50. The standard InChI is InChI=1S/C16H23NO2S/c18-11-8-14-5-4-10-17(13-14)16(19)9-12-20-15-6-2-1-3-7-15/h1-3,6-7,14,18H,4-5,8-13H2. The lowest BCUT2D eigenvalue weighted by Crippen LogP contribution is -2.40. The molecule has 2 rings (SSSR count). The van der Waals surface area contributed by atoms with Crippen molar-refractivity contribution >= 4 is 17.7 Å². The average Bonchev–Trinajstić information content (AvgIpc) is 2.49. The SMILES string of the molecule is O=C(CCSc1ccccc1)N1CCCC(CCO)C1. The molecule has 1 atom stereocenters. The zero-order valence-electron chi connectivity index (χ0n) is 11.8. The molecule has 1 aliphatic heterocycles. The molecule has 1 aliphatic rings. The van der Waals surface area contributed by atoms with E-state index >= 15 is 0 Å². The van der Waals surface area contributed by atoms with Gasteiger partial charge in [-0.15, -0.1) is 11.8 Å². The Morgan fingerprint density at radius 3 is 2.90 bits per heavy atom. The van der Waals surface area contributed by atoms with E-state index in [2.05, 4.69) is 12.1 Å². The molecule has 4 heteroatoms. The quantitative estimate of drug-likeness (QED) is 0.820. The largest absolute Gasteiger partial charge is 0.396 e. The Morgan fingerprint density at radius 2 is 2.15 bits per heavy atom. The second-order valence-corrected chi connectivity index (χ2v) is 6.44. The van der Waals surface area contributed by atoms with Gasteiger partial charge in [0.05, 0.1) is 0 Å². The highest BCUT2D eigenvalue weighted by molar-refractivity contribution is 7.99. The zero-order chi connectivity index (χ0) is 14.2. The first-order valence-electron chi connectivity index (χ1n) is 7.36. The Hall–Kier alpha value is -1.00. The average molecular weight is 293 g/mol.